The van der Waals surface area contributed by atoms with Gasteiger partial charge < -0.3 is 24.8 Å². The molecular formula is C20H22N2O6. The van der Waals surface area contributed by atoms with Gasteiger partial charge in [0.1, 0.15) is 24.5 Å². The standard InChI is InChI=1S/C20H22N2O6/c1-26-14-7-9-15(10-8-14)28-12-11-21-18(23)13-19(24)22-17-6-4-3-5-16(17)20(25)27-2/h3-10H,11-13H2,1-2H3,(H,21,23)(H,22,24). The van der Waals surface area contributed by atoms with Crippen LogP contribution in [0.1, 0.15) is 16.8 Å². The first-order valence-electron chi connectivity index (χ1n) is 8.54. The highest BCUT2D eigenvalue weighted by Crippen LogP contribution is 2.17. The molecule has 2 amide bonds. The smallest absolute Gasteiger partial charge is 0.339 e. The molecule has 0 saturated carbocycles. The summed E-state index contributed by atoms with van der Waals surface area (Å²) in [5.41, 5.74) is 0.502. The molecule has 0 aromatic heterocycles. The molecule has 0 aliphatic carbocycles. The van der Waals surface area contributed by atoms with E-state index < -0.39 is 17.8 Å². The van der Waals surface area contributed by atoms with Crippen LogP contribution in [0.3, 0.4) is 0 Å². The third-order valence-corrected chi connectivity index (χ3v) is 3.68. The van der Waals surface area contributed by atoms with E-state index in [0.717, 1.165) is 5.75 Å². The van der Waals surface area contributed by atoms with Crippen molar-refractivity contribution in [1.29, 1.82) is 0 Å². The summed E-state index contributed by atoms with van der Waals surface area (Å²) in [5, 5.41) is 5.14. The Hall–Kier alpha value is -3.55. The number of carbonyl (C=O) groups excluding carboxylic acids is 3. The number of ether oxygens (including phenoxy) is 3. The highest BCUT2D eigenvalue weighted by Gasteiger charge is 2.15. The number of methoxy groups -OCH3 is 2. The van der Waals surface area contributed by atoms with E-state index in [2.05, 4.69) is 15.4 Å². The van der Waals surface area contributed by atoms with E-state index in [0.29, 0.717) is 5.75 Å². The van der Waals surface area contributed by atoms with E-state index in [1.165, 1.54) is 13.2 Å². The number of para-hydroxylation sites is 1. The highest BCUT2D eigenvalue weighted by atomic mass is 16.5. The van der Waals surface area contributed by atoms with Gasteiger partial charge in [-0.1, -0.05) is 12.1 Å². The number of rotatable bonds is 9. The van der Waals surface area contributed by atoms with Crippen LogP contribution in [0.15, 0.2) is 48.5 Å². The molecule has 0 aliphatic rings. The number of esters is 1. The van der Waals surface area contributed by atoms with Crippen molar-refractivity contribution < 1.29 is 28.6 Å². The lowest BCUT2D eigenvalue weighted by atomic mass is 10.1. The number of hydrogen-bond donors (Lipinski definition) is 2. The summed E-state index contributed by atoms with van der Waals surface area (Å²) >= 11 is 0. The van der Waals surface area contributed by atoms with Crippen LogP contribution in [0, 0.1) is 0 Å². The fraction of sp³-hybridized carbons (Fsp3) is 0.250. The maximum absolute atomic E-state index is 12.0. The Kier molecular flexibility index (Phi) is 7.83. The normalized spacial score (nSPS) is 9.93. The largest absolute Gasteiger partial charge is 0.497 e. The zero-order chi connectivity index (χ0) is 20.4. The van der Waals surface area contributed by atoms with E-state index >= 15 is 0 Å². The summed E-state index contributed by atoms with van der Waals surface area (Å²) in [6, 6.07) is 13.5. The molecule has 0 unspecified atom stereocenters. The van der Waals surface area contributed by atoms with E-state index in [-0.39, 0.29) is 30.8 Å². The van der Waals surface area contributed by atoms with Gasteiger partial charge in [-0.05, 0) is 36.4 Å². The summed E-state index contributed by atoms with van der Waals surface area (Å²) in [6.45, 7) is 0.502. The van der Waals surface area contributed by atoms with Crippen molar-refractivity contribution in [3.8, 4) is 11.5 Å². The summed E-state index contributed by atoms with van der Waals surface area (Å²) in [6.07, 6.45) is -0.377. The maximum atomic E-state index is 12.0. The van der Waals surface area contributed by atoms with Crippen molar-refractivity contribution in [3.05, 3.63) is 54.1 Å². The Morgan fingerprint density at radius 1 is 0.893 bits per heavy atom. The molecule has 0 aliphatic heterocycles. The van der Waals surface area contributed by atoms with Crippen molar-refractivity contribution in [3.63, 3.8) is 0 Å². The third-order valence-electron chi connectivity index (χ3n) is 3.68. The molecule has 0 fully saturated rings. The van der Waals surface area contributed by atoms with Gasteiger partial charge in [0.05, 0.1) is 32.0 Å². The molecule has 2 rings (SSSR count). The van der Waals surface area contributed by atoms with Gasteiger partial charge >= 0.3 is 5.97 Å². The fourth-order valence-corrected chi connectivity index (χ4v) is 2.31. The number of amides is 2. The average Bonchev–Trinajstić information content (AvgIpc) is 2.71. The van der Waals surface area contributed by atoms with Gasteiger partial charge in [0.2, 0.25) is 11.8 Å². The number of nitrogens with one attached hydrogen (secondary N) is 2. The van der Waals surface area contributed by atoms with Gasteiger partial charge in [0.25, 0.3) is 0 Å². The summed E-state index contributed by atoms with van der Waals surface area (Å²) in [5.74, 6) is -0.194. The molecule has 0 bridgehead atoms. The second-order valence-electron chi connectivity index (χ2n) is 5.64. The molecule has 8 heteroatoms. The minimum absolute atomic E-state index is 0.214. The van der Waals surface area contributed by atoms with Gasteiger partial charge in [-0.2, -0.15) is 0 Å². The van der Waals surface area contributed by atoms with Crippen LogP contribution >= 0.6 is 0 Å². The molecule has 0 atom stereocenters. The molecule has 28 heavy (non-hydrogen) atoms. The molecule has 8 nitrogen and oxygen atoms in total. The van der Waals surface area contributed by atoms with Gasteiger partial charge in [-0.15, -0.1) is 0 Å². The fourth-order valence-electron chi connectivity index (χ4n) is 2.31. The predicted octanol–water partition coefficient (Wildman–Crippen LogP) is 2.01. The van der Waals surface area contributed by atoms with Crippen molar-refractivity contribution in [2.24, 2.45) is 0 Å². The first kappa shape index (κ1) is 20.8. The minimum Gasteiger partial charge on any atom is -0.497 e. The lowest BCUT2D eigenvalue weighted by Crippen LogP contribution is -2.31. The molecule has 0 radical (unpaired) electrons. The van der Waals surface area contributed by atoms with E-state index in [1.54, 1.807) is 49.6 Å². The second-order valence-corrected chi connectivity index (χ2v) is 5.64. The van der Waals surface area contributed by atoms with Crippen LogP contribution in [0.2, 0.25) is 0 Å². The van der Waals surface area contributed by atoms with Crippen molar-refractivity contribution in [1.82, 2.24) is 5.32 Å². The Morgan fingerprint density at radius 3 is 2.25 bits per heavy atom. The van der Waals surface area contributed by atoms with Crippen molar-refractivity contribution in [2.45, 2.75) is 6.42 Å². The van der Waals surface area contributed by atoms with E-state index in [1.807, 2.05) is 0 Å². The number of benzene rings is 2. The summed E-state index contributed by atoms with van der Waals surface area (Å²) in [7, 11) is 2.83. The third kappa shape index (κ3) is 6.31. The molecule has 2 aromatic rings. The van der Waals surface area contributed by atoms with Crippen LogP contribution in [-0.4, -0.2) is 45.2 Å². The molecule has 0 spiro atoms. The van der Waals surface area contributed by atoms with Crippen LogP contribution in [0.4, 0.5) is 5.69 Å². The first-order chi connectivity index (χ1) is 13.5. The Labute approximate surface area is 162 Å². The molecular weight excluding hydrogens is 364 g/mol. The minimum atomic E-state index is -0.573. The van der Waals surface area contributed by atoms with E-state index in [9.17, 15) is 14.4 Å². The maximum Gasteiger partial charge on any atom is 0.339 e. The van der Waals surface area contributed by atoms with Crippen LogP contribution in [0.5, 0.6) is 11.5 Å². The monoisotopic (exact) mass is 386 g/mol. The highest BCUT2D eigenvalue weighted by molar-refractivity contribution is 6.06. The van der Waals surface area contributed by atoms with Crippen molar-refractivity contribution >= 4 is 23.5 Å². The van der Waals surface area contributed by atoms with Gasteiger partial charge in [0, 0.05) is 0 Å². The molecule has 0 saturated heterocycles. The molecule has 2 aromatic carbocycles. The molecule has 0 heterocycles. The van der Waals surface area contributed by atoms with Gasteiger partial charge in [0.15, 0.2) is 0 Å². The molecule has 2 N–H and O–H groups in total. The Morgan fingerprint density at radius 2 is 1.57 bits per heavy atom. The average molecular weight is 386 g/mol. The first-order valence-corrected chi connectivity index (χ1v) is 8.54. The summed E-state index contributed by atoms with van der Waals surface area (Å²) < 4.78 is 15.2. The Bertz CT molecular complexity index is 820. The van der Waals surface area contributed by atoms with E-state index in [4.69, 9.17) is 9.47 Å². The quantitative estimate of drug-likeness (QED) is 0.388. The number of hydrogen-bond acceptors (Lipinski definition) is 6. The second kappa shape index (κ2) is 10.6. The zero-order valence-electron chi connectivity index (χ0n) is 15.7. The zero-order valence-corrected chi connectivity index (χ0v) is 15.7. The topological polar surface area (TPSA) is 103 Å². The van der Waals surface area contributed by atoms with Gasteiger partial charge in [-0.25, -0.2) is 4.79 Å². The SMILES string of the molecule is COC(=O)c1ccccc1NC(=O)CC(=O)NCCOc1ccc(OC)cc1. The van der Waals surface area contributed by atoms with Crippen molar-refractivity contribution in [2.75, 3.05) is 32.7 Å². The van der Waals surface area contributed by atoms with Crippen LogP contribution < -0.4 is 20.1 Å². The molecule has 148 valence electrons. The lowest BCUT2D eigenvalue weighted by Gasteiger charge is -2.10. The summed E-state index contributed by atoms with van der Waals surface area (Å²) in [4.78, 5) is 35.6. The number of anilines is 1. The predicted molar refractivity (Wildman–Crippen MR) is 103 cm³/mol. The lowest BCUT2D eigenvalue weighted by molar-refractivity contribution is -0.126. The van der Waals surface area contributed by atoms with Gasteiger partial charge in [-0.3, -0.25) is 9.59 Å². The Balaban J connectivity index is 1.74. The van der Waals surface area contributed by atoms with Crippen LogP contribution in [0.25, 0.3) is 0 Å². The number of carbonyl (C=O) groups is 3. The van der Waals surface area contributed by atoms with Crippen LogP contribution in [-0.2, 0) is 14.3 Å².